The van der Waals surface area contributed by atoms with Gasteiger partial charge in [-0.1, -0.05) is 24.3 Å². The number of rotatable bonds is 6. The van der Waals surface area contributed by atoms with Crippen LogP contribution in [0.1, 0.15) is 52.7 Å². The third-order valence-electron chi connectivity index (χ3n) is 6.93. The monoisotopic (exact) mass is 459 g/mol. The van der Waals surface area contributed by atoms with E-state index in [9.17, 15) is 4.79 Å². The van der Waals surface area contributed by atoms with Crippen LogP contribution in [0.15, 0.2) is 42.6 Å². The highest BCUT2D eigenvalue weighted by Crippen LogP contribution is 2.44. The van der Waals surface area contributed by atoms with Crippen molar-refractivity contribution < 1.29 is 23.7 Å². The molecule has 0 bridgehead atoms. The van der Waals surface area contributed by atoms with E-state index in [4.69, 9.17) is 18.9 Å². The first-order valence-electron chi connectivity index (χ1n) is 11.6. The minimum absolute atomic E-state index is 0.0232. The average Bonchev–Trinajstić information content (AvgIpc) is 3.43. The van der Waals surface area contributed by atoms with Gasteiger partial charge < -0.3 is 18.9 Å². The standard InChI is InChI=1S/C28H29NO5/c1-16-14-29-28(32-4)17(2)27(16)23-7-5-6-22-21(23)10-11-24(22)34-19-8-9-20-18(12-26(30)31-3)15-33-25(20)13-19/h5-9,13-14,18,24H,10-12,15H2,1-4H3. The van der Waals surface area contributed by atoms with Crippen molar-refractivity contribution in [2.45, 2.75) is 45.1 Å². The summed E-state index contributed by atoms with van der Waals surface area (Å²) in [4.78, 5) is 16.1. The number of hydrogen-bond donors (Lipinski definition) is 0. The van der Waals surface area contributed by atoms with Crippen LogP contribution < -0.4 is 14.2 Å². The Morgan fingerprint density at radius 2 is 2.00 bits per heavy atom. The molecule has 0 fully saturated rings. The molecule has 1 aromatic heterocycles. The van der Waals surface area contributed by atoms with Crippen LogP contribution in [0.2, 0.25) is 0 Å². The van der Waals surface area contributed by atoms with Crippen LogP contribution in [-0.4, -0.2) is 31.8 Å². The van der Waals surface area contributed by atoms with Crippen LogP contribution in [-0.2, 0) is 16.0 Å². The zero-order chi connectivity index (χ0) is 23.8. The first kappa shape index (κ1) is 22.3. The molecule has 6 heteroatoms. The van der Waals surface area contributed by atoms with Gasteiger partial charge in [0.25, 0.3) is 0 Å². The normalized spacial score (nSPS) is 18.1. The summed E-state index contributed by atoms with van der Waals surface area (Å²) in [6.45, 7) is 4.64. The van der Waals surface area contributed by atoms with Crippen molar-refractivity contribution in [2.75, 3.05) is 20.8 Å². The van der Waals surface area contributed by atoms with E-state index in [0.717, 1.165) is 41.0 Å². The third kappa shape index (κ3) is 3.87. The van der Waals surface area contributed by atoms with Gasteiger partial charge in [-0.25, -0.2) is 4.98 Å². The summed E-state index contributed by atoms with van der Waals surface area (Å²) in [5.74, 6) is 2.02. The number of methoxy groups -OCH3 is 2. The van der Waals surface area contributed by atoms with Crippen molar-refractivity contribution in [3.63, 3.8) is 0 Å². The van der Waals surface area contributed by atoms with Gasteiger partial charge >= 0.3 is 5.97 Å². The highest BCUT2D eigenvalue weighted by atomic mass is 16.5. The number of ether oxygens (including phenoxy) is 4. The van der Waals surface area contributed by atoms with E-state index in [0.29, 0.717) is 18.9 Å². The lowest BCUT2D eigenvalue weighted by Gasteiger charge is -2.18. The molecule has 34 heavy (non-hydrogen) atoms. The van der Waals surface area contributed by atoms with Crippen LogP contribution >= 0.6 is 0 Å². The largest absolute Gasteiger partial charge is 0.492 e. The van der Waals surface area contributed by atoms with Crippen molar-refractivity contribution in [2.24, 2.45) is 0 Å². The van der Waals surface area contributed by atoms with Gasteiger partial charge in [-0.3, -0.25) is 4.79 Å². The number of pyridine rings is 1. The minimum atomic E-state index is -0.225. The summed E-state index contributed by atoms with van der Waals surface area (Å²) >= 11 is 0. The molecular weight excluding hydrogens is 430 g/mol. The Morgan fingerprint density at radius 1 is 1.15 bits per heavy atom. The maximum atomic E-state index is 11.7. The molecule has 2 heterocycles. The molecule has 1 aliphatic carbocycles. The lowest BCUT2D eigenvalue weighted by Crippen LogP contribution is -2.09. The summed E-state index contributed by atoms with van der Waals surface area (Å²) in [6, 6.07) is 12.4. The number of hydrogen-bond acceptors (Lipinski definition) is 6. The zero-order valence-electron chi connectivity index (χ0n) is 20.0. The number of esters is 1. The number of aryl methyl sites for hydroxylation is 1. The van der Waals surface area contributed by atoms with Gasteiger partial charge in [0.15, 0.2) is 0 Å². The number of nitrogens with zero attached hydrogens (tertiary/aromatic N) is 1. The molecule has 2 unspecified atom stereocenters. The van der Waals surface area contributed by atoms with Crippen molar-refractivity contribution >= 4 is 5.97 Å². The average molecular weight is 460 g/mol. The summed E-state index contributed by atoms with van der Waals surface area (Å²) in [5.41, 5.74) is 8.17. The summed E-state index contributed by atoms with van der Waals surface area (Å²) in [7, 11) is 3.07. The summed E-state index contributed by atoms with van der Waals surface area (Å²) < 4.78 is 22.6. The second-order valence-corrected chi connectivity index (χ2v) is 8.96. The smallest absolute Gasteiger partial charge is 0.306 e. The summed E-state index contributed by atoms with van der Waals surface area (Å²) in [6.07, 6.45) is 4.03. The maximum absolute atomic E-state index is 11.7. The molecule has 3 aromatic rings. The van der Waals surface area contributed by atoms with E-state index in [-0.39, 0.29) is 18.0 Å². The predicted octanol–water partition coefficient (Wildman–Crippen LogP) is 5.48. The van der Waals surface area contributed by atoms with Gasteiger partial charge in [-0.2, -0.15) is 0 Å². The quantitative estimate of drug-likeness (QED) is 0.455. The highest BCUT2D eigenvalue weighted by Gasteiger charge is 2.30. The fourth-order valence-corrected chi connectivity index (χ4v) is 5.26. The second kappa shape index (κ2) is 9.01. The molecular formula is C28H29NO5. The van der Waals surface area contributed by atoms with Crippen molar-refractivity contribution in [1.29, 1.82) is 0 Å². The van der Waals surface area contributed by atoms with Crippen LogP contribution in [0, 0.1) is 13.8 Å². The Hall–Kier alpha value is -3.54. The molecule has 0 saturated carbocycles. The SMILES string of the molecule is COC(=O)CC1COc2cc(OC3CCc4c(-c5c(C)cnc(OC)c5C)cccc43)ccc21. The van der Waals surface area contributed by atoms with Crippen LogP contribution in [0.5, 0.6) is 17.4 Å². The Morgan fingerprint density at radius 3 is 2.79 bits per heavy atom. The molecule has 176 valence electrons. The molecule has 1 aliphatic heterocycles. The van der Waals surface area contributed by atoms with Crippen LogP contribution in [0.25, 0.3) is 11.1 Å². The van der Waals surface area contributed by atoms with Crippen LogP contribution in [0.3, 0.4) is 0 Å². The highest BCUT2D eigenvalue weighted by molar-refractivity contribution is 5.76. The van der Waals surface area contributed by atoms with E-state index < -0.39 is 0 Å². The van der Waals surface area contributed by atoms with Gasteiger partial charge in [0.2, 0.25) is 5.88 Å². The summed E-state index contributed by atoms with van der Waals surface area (Å²) in [5, 5.41) is 0. The van der Waals surface area contributed by atoms with Crippen LogP contribution in [0.4, 0.5) is 0 Å². The van der Waals surface area contributed by atoms with E-state index in [1.165, 1.54) is 29.4 Å². The molecule has 0 spiro atoms. The lowest BCUT2D eigenvalue weighted by atomic mass is 9.92. The molecule has 2 atom stereocenters. The Kier molecular flexibility index (Phi) is 5.90. The van der Waals surface area contributed by atoms with Gasteiger partial charge in [0.05, 0.1) is 27.2 Å². The predicted molar refractivity (Wildman–Crippen MR) is 129 cm³/mol. The van der Waals surface area contributed by atoms with Crippen molar-refractivity contribution in [1.82, 2.24) is 4.98 Å². The number of benzene rings is 2. The van der Waals surface area contributed by atoms with Crippen molar-refractivity contribution in [3.05, 3.63) is 70.4 Å². The zero-order valence-corrected chi connectivity index (χ0v) is 20.0. The van der Waals surface area contributed by atoms with E-state index >= 15 is 0 Å². The lowest BCUT2D eigenvalue weighted by molar-refractivity contribution is -0.141. The van der Waals surface area contributed by atoms with E-state index in [1.807, 2.05) is 24.4 Å². The molecule has 0 amide bonds. The van der Waals surface area contributed by atoms with Crippen molar-refractivity contribution in [3.8, 4) is 28.5 Å². The molecule has 0 radical (unpaired) electrons. The molecule has 5 rings (SSSR count). The fraction of sp³-hybridized carbons (Fsp3) is 0.357. The second-order valence-electron chi connectivity index (χ2n) is 8.96. The topological polar surface area (TPSA) is 66.9 Å². The molecule has 2 aliphatic rings. The first-order chi connectivity index (χ1) is 16.5. The van der Waals surface area contributed by atoms with Gasteiger partial charge in [0.1, 0.15) is 17.6 Å². The molecule has 6 nitrogen and oxygen atoms in total. The number of carbonyl (C=O) groups excluding carboxylic acids is 1. The molecule has 0 saturated heterocycles. The Balaban J connectivity index is 1.41. The Bertz CT molecular complexity index is 1250. The molecule has 0 N–H and O–H groups in total. The Labute approximate surface area is 199 Å². The molecule has 2 aromatic carbocycles. The first-order valence-corrected chi connectivity index (χ1v) is 11.6. The van der Waals surface area contributed by atoms with Gasteiger partial charge in [0, 0.05) is 29.3 Å². The maximum Gasteiger partial charge on any atom is 0.306 e. The fourth-order valence-electron chi connectivity index (χ4n) is 5.26. The third-order valence-corrected chi connectivity index (χ3v) is 6.93. The number of fused-ring (bicyclic) bond motifs is 2. The number of aromatic nitrogens is 1. The van der Waals surface area contributed by atoms with Gasteiger partial charge in [-0.15, -0.1) is 0 Å². The number of carbonyl (C=O) groups is 1. The van der Waals surface area contributed by atoms with E-state index in [2.05, 4.69) is 37.0 Å². The van der Waals surface area contributed by atoms with Gasteiger partial charge in [-0.05, 0) is 60.6 Å². The minimum Gasteiger partial charge on any atom is -0.492 e. The van der Waals surface area contributed by atoms with E-state index in [1.54, 1.807) is 7.11 Å².